The number of rotatable bonds is 3. The van der Waals surface area contributed by atoms with E-state index in [4.69, 9.17) is 49.3 Å². The van der Waals surface area contributed by atoms with Gasteiger partial charge in [-0.2, -0.15) is 0 Å². The SMILES string of the molecule is COC(=O)c1cnc2c3ccc(C(=O)Oc4c(Cl)cc(Cl)cc4Cl)c4c(C)cnc(c5cccc1c52)c43. The maximum absolute atomic E-state index is 13.4. The summed E-state index contributed by atoms with van der Waals surface area (Å²) in [7, 11) is 1.34. The molecule has 182 valence electrons. The van der Waals surface area contributed by atoms with Gasteiger partial charge in [0.25, 0.3) is 0 Å². The van der Waals surface area contributed by atoms with E-state index in [9.17, 15) is 9.59 Å². The number of fused-ring (bicyclic) bond motifs is 2. The lowest BCUT2D eigenvalue weighted by molar-refractivity contribution is 0.0602. The molecule has 6 nitrogen and oxygen atoms in total. The molecule has 0 amide bonds. The molecule has 4 aromatic carbocycles. The molecule has 0 aliphatic rings. The van der Waals surface area contributed by atoms with Crippen molar-refractivity contribution in [1.82, 2.24) is 9.97 Å². The van der Waals surface area contributed by atoms with Crippen LogP contribution < -0.4 is 4.74 Å². The lowest BCUT2D eigenvalue weighted by Gasteiger charge is -2.17. The average Bonchev–Trinajstić information content (AvgIpc) is 2.89. The topological polar surface area (TPSA) is 78.4 Å². The van der Waals surface area contributed by atoms with Crippen molar-refractivity contribution in [2.45, 2.75) is 6.92 Å². The van der Waals surface area contributed by atoms with Crippen molar-refractivity contribution in [3.63, 3.8) is 0 Å². The van der Waals surface area contributed by atoms with Crippen LogP contribution in [0.2, 0.25) is 15.1 Å². The van der Waals surface area contributed by atoms with Gasteiger partial charge in [0.2, 0.25) is 0 Å². The molecular weight excluding hydrogens is 535 g/mol. The Labute approximate surface area is 225 Å². The summed E-state index contributed by atoms with van der Waals surface area (Å²) in [5, 5.41) is 5.12. The number of carbonyl (C=O) groups excluding carboxylic acids is 2. The number of aromatic nitrogens is 2. The fourth-order valence-electron chi connectivity index (χ4n) is 4.86. The number of ether oxygens (including phenoxy) is 2. The molecule has 0 saturated carbocycles. The van der Waals surface area contributed by atoms with Crippen LogP contribution in [0.25, 0.3) is 43.4 Å². The Hall–Kier alpha value is -3.71. The molecule has 0 aliphatic heterocycles. The second kappa shape index (κ2) is 8.70. The standard InChI is InChI=1S/C28H15Cl3N2O4/c1-12-10-32-25-15-5-3-4-14-18(27(34)36-2)11-33-24(22(14)15)16-6-7-17(21(12)23(16)25)28(35)37-26-19(30)8-13(29)9-20(26)31/h3-11H,1-2H3. The van der Waals surface area contributed by atoms with Crippen molar-refractivity contribution >= 4 is 90.1 Å². The normalized spacial score (nSPS) is 11.6. The minimum Gasteiger partial charge on any atom is -0.465 e. The molecule has 0 spiro atoms. The maximum atomic E-state index is 13.4. The summed E-state index contributed by atoms with van der Waals surface area (Å²) in [6, 6.07) is 12.0. The molecule has 37 heavy (non-hydrogen) atoms. The largest absolute Gasteiger partial charge is 0.465 e. The third kappa shape index (κ3) is 3.55. The molecule has 0 aliphatic carbocycles. The van der Waals surface area contributed by atoms with E-state index in [1.807, 2.05) is 31.2 Å². The van der Waals surface area contributed by atoms with Gasteiger partial charge >= 0.3 is 11.9 Å². The first-order chi connectivity index (χ1) is 17.8. The number of esters is 2. The number of hydrogen-bond donors (Lipinski definition) is 0. The van der Waals surface area contributed by atoms with E-state index >= 15 is 0 Å². The molecule has 0 fully saturated rings. The van der Waals surface area contributed by atoms with Gasteiger partial charge in [-0.1, -0.05) is 59.1 Å². The van der Waals surface area contributed by atoms with Gasteiger partial charge in [-0.15, -0.1) is 0 Å². The van der Waals surface area contributed by atoms with E-state index in [-0.39, 0.29) is 15.8 Å². The molecule has 2 heterocycles. The van der Waals surface area contributed by atoms with Crippen LogP contribution in [0.5, 0.6) is 5.75 Å². The Morgan fingerprint density at radius 2 is 1.41 bits per heavy atom. The molecule has 0 N–H and O–H groups in total. The first kappa shape index (κ1) is 23.7. The highest BCUT2D eigenvalue weighted by atomic mass is 35.5. The Kier molecular flexibility index (Phi) is 5.57. The second-order valence-electron chi connectivity index (χ2n) is 8.53. The fraction of sp³-hybridized carbons (Fsp3) is 0.0714. The van der Waals surface area contributed by atoms with E-state index < -0.39 is 11.9 Å². The number of aryl methyl sites for hydroxylation is 1. The molecule has 0 atom stereocenters. The Bertz CT molecular complexity index is 1890. The van der Waals surface area contributed by atoms with Gasteiger partial charge in [0, 0.05) is 49.7 Å². The third-order valence-corrected chi connectivity index (χ3v) is 7.21. The summed E-state index contributed by atoms with van der Waals surface area (Å²) >= 11 is 18.5. The second-order valence-corrected chi connectivity index (χ2v) is 9.78. The first-order valence-electron chi connectivity index (χ1n) is 11.1. The highest BCUT2D eigenvalue weighted by molar-refractivity contribution is 6.40. The van der Waals surface area contributed by atoms with Gasteiger partial charge in [-0.05, 0) is 30.7 Å². The zero-order valence-electron chi connectivity index (χ0n) is 19.4. The fourth-order valence-corrected chi connectivity index (χ4v) is 5.76. The summed E-state index contributed by atoms with van der Waals surface area (Å²) in [5.41, 5.74) is 2.83. The Morgan fingerprint density at radius 1 is 0.757 bits per heavy atom. The van der Waals surface area contributed by atoms with Crippen LogP contribution in [0.15, 0.2) is 54.9 Å². The number of carbonyl (C=O) groups is 2. The summed E-state index contributed by atoms with van der Waals surface area (Å²) in [4.78, 5) is 35.2. The summed E-state index contributed by atoms with van der Waals surface area (Å²) in [5.74, 6) is -1.07. The van der Waals surface area contributed by atoms with E-state index in [0.717, 1.165) is 27.1 Å². The minimum atomic E-state index is -0.629. The number of pyridine rings is 2. The quantitative estimate of drug-likeness (QED) is 0.0970. The monoisotopic (exact) mass is 548 g/mol. The molecule has 2 aromatic heterocycles. The van der Waals surface area contributed by atoms with Crippen molar-refractivity contribution < 1.29 is 19.1 Å². The Balaban J connectivity index is 1.65. The molecule has 0 saturated heterocycles. The van der Waals surface area contributed by atoms with E-state index in [2.05, 4.69) is 4.98 Å². The van der Waals surface area contributed by atoms with E-state index in [1.54, 1.807) is 12.3 Å². The van der Waals surface area contributed by atoms with Crippen molar-refractivity contribution in [3.8, 4) is 5.75 Å². The van der Waals surface area contributed by atoms with Crippen LogP contribution in [-0.2, 0) is 4.74 Å². The van der Waals surface area contributed by atoms with Crippen LogP contribution in [0.4, 0.5) is 0 Å². The van der Waals surface area contributed by atoms with Gasteiger partial charge < -0.3 is 9.47 Å². The summed E-state index contributed by atoms with van der Waals surface area (Å²) < 4.78 is 10.6. The number of halogens is 3. The van der Waals surface area contributed by atoms with Gasteiger partial charge in [-0.25, -0.2) is 9.59 Å². The molecule has 0 radical (unpaired) electrons. The molecule has 6 rings (SSSR count). The predicted octanol–water partition coefficient (Wildman–Crippen LogP) is 7.80. The van der Waals surface area contributed by atoms with E-state index in [0.29, 0.717) is 38.0 Å². The predicted molar refractivity (Wildman–Crippen MR) is 146 cm³/mol. The number of methoxy groups -OCH3 is 1. The highest BCUT2D eigenvalue weighted by Crippen LogP contribution is 2.42. The van der Waals surface area contributed by atoms with Gasteiger partial charge in [0.05, 0.1) is 39.3 Å². The van der Waals surface area contributed by atoms with Crippen molar-refractivity contribution in [2.24, 2.45) is 0 Å². The maximum Gasteiger partial charge on any atom is 0.344 e. The van der Waals surface area contributed by atoms with Gasteiger partial charge in [-0.3, -0.25) is 9.97 Å². The van der Waals surface area contributed by atoms with Crippen LogP contribution in [-0.4, -0.2) is 29.0 Å². The zero-order valence-corrected chi connectivity index (χ0v) is 21.6. The van der Waals surface area contributed by atoms with Crippen LogP contribution >= 0.6 is 34.8 Å². The van der Waals surface area contributed by atoms with Gasteiger partial charge in [0.1, 0.15) is 0 Å². The number of nitrogens with zero attached hydrogens (tertiary/aromatic N) is 2. The first-order valence-corrected chi connectivity index (χ1v) is 12.2. The molecular formula is C28H15Cl3N2O4. The summed E-state index contributed by atoms with van der Waals surface area (Å²) in [6.07, 6.45) is 3.22. The molecule has 9 heteroatoms. The molecule has 0 bridgehead atoms. The van der Waals surface area contributed by atoms with Crippen LogP contribution in [0.3, 0.4) is 0 Å². The molecule has 6 aromatic rings. The third-order valence-electron chi connectivity index (χ3n) is 6.43. The minimum absolute atomic E-state index is 0.0288. The Morgan fingerprint density at radius 3 is 2.14 bits per heavy atom. The van der Waals surface area contributed by atoms with Crippen molar-refractivity contribution in [3.05, 3.63) is 86.6 Å². The van der Waals surface area contributed by atoms with Gasteiger partial charge in [0.15, 0.2) is 5.75 Å². The average molecular weight is 550 g/mol. The lowest BCUT2D eigenvalue weighted by Crippen LogP contribution is -2.11. The lowest BCUT2D eigenvalue weighted by atomic mass is 9.90. The molecule has 0 unspecified atom stereocenters. The van der Waals surface area contributed by atoms with E-state index in [1.165, 1.54) is 25.4 Å². The number of hydrogen-bond acceptors (Lipinski definition) is 6. The van der Waals surface area contributed by atoms with Crippen molar-refractivity contribution in [1.29, 1.82) is 0 Å². The summed E-state index contributed by atoms with van der Waals surface area (Å²) in [6.45, 7) is 1.87. The van der Waals surface area contributed by atoms with Crippen LogP contribution in [0.1, 0.15) is 26.3 Å². The van der Waals surface area contributed by atoms with Crippen LogP contribution in [0, 0.1) is 6.92 Å². The highest BCUT2D eigenvalue weighted by Gasteiger charge is 2.24. The van der Waals surface area contributed by atoms with Crippen molar-refractivity contribution in [2.75, 3.05) is 7.11 Å². The number of benzene rings is 4. The smallest absolute Gasteiger partial charge is 0.344 e. The zero-order chi connectivity index (χ0) is 26.0.